The topological polar surface area (TPSA) is 46.5 Å². The molecule has 0 bridgehead atoms. The lowest BCUT2D eigenvalue weighted by Crippen LogP contribution is -2.17. The molecule has 1 N–H and O–H groups in total. The summed E-state index contributed by atoms with van der Waals surface area (Å²) in [5.74, 6) is -1.45. The Morgan fingerprint density at radius 1 is 1.43 bits per heavy atom. The first-order chi connectivity index (χ1) is 6.43. The molecule has 0 aromatic heterocycles. The van der Waals surface area contributed by atoms with Crippen molar-refractivity contribution in [2.45, 2.75) is 19.4 Å². The Morgan fingerprint density at radius 3 is 2.64 bits per heavy atom. The number of benzene rings is 1. The molecule has 3 nitrogen and oxygen atoms in total. The van der Waals surface area contributed by atoms with E-state index in [1.807, 2.05) is 0 Å². The van der Waals surface area contributed by atoms with Gasteiger partial charge < -0.3 is 9.84 Å². The Labute approximate surface area is 80.1 Å². The molecule has 0 atom stereocenters. The van der Waals surface area contributed by atoms with Gasteiger partial charge in [-0.1, -0.05) is 0 Å². The van der Waals surface area contributed by atoms with Gasteiger partial charge in [0.1, 0.15) is 22.7 Å². The van der Waals surface area contributed by atoms with Gasteiger partial charge in [-0.15, -0.1) is 0 Å². The van der Waals surface area contributed by atoms with Gasteiger partial charge in [-0.25, -0.2) is 9.18 Å². The van der Waals surface area contributed by atoms with Crippen molar-refractivity contribution in [1.82, 2.24) is 0 Å². The molecule has 0 aliphatic carbocycles. The maximum absolute atomic E-state index is 13.4. The molecule has 4 heteroatoms. The molecular formula is C10H9FO3. The average molecular weight is 196 g/mol. The highest BCUT2D eigenvalue weighted by atomic mass is 19.1. The summed E-state index contributed by atoms with van der Waals surface area (Å²) in [7, 11) is 0. The zero-order valence-electron chi connectivity index (χ0n) is 7.80. The number of rotatable bonds is 0. The van der Waals surface area contributed by atoms with Crippen molar-refractivity contribution in [3.05, 3.63) is 29.1 Å². The molecule has 1 aromatic rings. The molecule has 0 fully saturated rings. The number of phenols is 1. The van der Waals surface area contributed by atoms with Crippen LogP contribution in [0.5, 0.6) is 5.75 Å². The van der Waals surface area contributed by atoms with E-state index < -0.39 is 17.4 Å². The molecule has 1 aromatic carbocycles. The zero-order chi connectivity index (χ0) is 10.5. The number of carbonyl (C=O) groups excluding carboxylic acids is 1. The number of hydrogen-bond donors (Lipinski definition) is 1. The molecule has 0 radical (unpaired) electrons. The van der Waals surface area contributed by atoms with E-state index in [0.717, 1.165) is 12.1 Å². The fourth-order valence-electron chi connectivity index (χ4n) is 1.70. The Balaban J connectivity index is 2.80. The normalized spacial score (nSPS) is 17.8. The minimum absolute atomic E-state index is 0.0602. The monoisotopic (exact) mass is 196 g/mol. The van der Waals surface area contributed by atoms with Crippen LogP contribution in [-0.2, 0) is 10.3 Å². The van der Waals surface area contributed by atoms with Crippen molar-refractivity contribution >= 4 is 5.97 Å². The van der Waals surface area contributed by atoms with Gasteiger partial charge in [-0.2, -0.15) is 0 Å². The average Bonchev–Trinajstić information content (AvgIpc) is 2.30. The molecule has 1 aliphatic rings. The van der Waals surface area contributed by atoms with Crippen LogP contribution < -0.4 is 0 Å². The second-order valence-corrected chi connectivity index (χ2v) is 3.72. The molecular weight excluding hydrogens is 187 g/mol. The molecule has 1 aliphatic heterocycles. The molecule has 0 spiro atoms. The van der Waals surface area contributed by atoms with E-state index in [-0.39, 0.29) is 16.9 Å². The number of carbonyl (C=O) groups is 1. The van der Waals surface area contributed by atoms with Crippen LogP contribution in [0.1, 0.15) is 29.8 Å². The summed E-state index contributed by atoms with van der Waals surface area (Å²) >= 11 is 0. The summed E-state index contributed by atoms with van der Waals surface area (Å²) in [6.07, 6.45) is 0. The van der Waals surface area contributed by atoms with Crippen LogP contribution in [0.3, 0.4) is 0 Å². The number of halogens is 1. The van der Waals surface area contributed by atoms with Crippen LogP contribution in [0.4, 0.5) is 4.39 Å². The standard InChI is InChI=1S/C10H9FO3/c1-10(2)8-5(11)3-4-6(12)7(8)9(13)14-10/h3-4,12H,1-2H3. The second kappa shape index (κ2) is 2.47. The first kappa shape index (κ1) is 8.99. The largest absolute Gasteiger partial charge is 0.507 e. The van der Waals surface area contributed by atoms with Crippen molar-refractivity contribution in [3.8, 4) is 5.75 Å². The molecule has 2 rings (SSSR count). The van der Waals surface area contributed by atoms with Crippen molar-refractivity contribution in [2.24, 2.45) is 0 Å². The van der Waals surface area contributed by atoms with E-state index in [1.54, 1.807) is 13.8 Å². The van der Waals surface area contributed by atoms with E-state index in [1.165, 1.54) is 0 Å². The van der Waals surface area contributed by atoms with Gasteiger partial charge in [0, 0.05) is 5.56 Å². The third-order valence-corrected chi connectivity index (χ3v) is 2.29. The van der Waals surface area contributed by atoms with Crippen LogP contribution in [-0.4, -0.2) is 11.1 Å². The lowest BCUT2D eigenvalue weighted by molar-refractivity contribution is 0.00857. The second-order valence-electron chi connectivity index (χ2n) is 3.72. The van der Waals surface area contributed by atoms with Crippen molar-refractivity contribution in [3.63, 3.8) is 0 Å². The summed E-state index contributed by atoms with van der Waals surface area (Å²) < 4.78 is 18.3. The van der Waals surface area contributed by atoms with E-state index in [0.29, 0.717) is 0 Å². The lowest BCUT2D eigenvalue weighted by atomic mass is 9.95. The lowest BCUT2D eigenvalue weighted by Gasteiger charge is -2.17. The Hall–Kier alpha value is -1.58. The van der Waals surface area contributed by atoms with E-state index in [9.17, 15) is 14.3 Å². The van der Waals surface area contributed by atoms with Crippen LogP contribution >= 0.6 is 0 Å². The Bertz CT molecular complexity index is 424. The number of esters is 1. The molecule has 14 heavy (non-hydrogen) atoms. The van der Waals surface area contributed by atoms with E-state index >= 15 is 0 Å². The van der Waals surface area contributed by atoms with Gasteiger partial charge in [-0.3, -0.25) is 0 Å². The summed E-state index contributed by atoms with van der Waals surface area (Å²) in [5, 5.41) is 9.39. The maximum Gasteiger partial charge on any atom is 0.343 e. The SMILES string of the molecule is CC1(C)OC(=O)c2c(O)ccc(F)c21. The van der Waals surface area contributed by atoms with Crippen molar-refractivity contribution < 1.29 is 19.0 Å². The van der Waals surface area contributed by atoms with E-state index in [2.05, 4.69) is 0 Å². The summed E-state index contributed by atoms with van der Waals surface area (Å²) in [6, 6.07) is 2.27. The zero-order valence-corrected chi connectivity index (χ0v) is 7.80. The smallest absolute Gasteiger partial charge is 0.343 e. The van der Waals surface area contributed by atoms with Crippen LogP contribution in [0.15, 0.2) is 12.1 Å². The Kier molecular flexibility index (Phi) is 1.58. The van der Waals surface area contributed by atoms with E-state index in [4.69, 9.17) is 4.74 Å². The number of cyclic esters (lactones) is 1. The highest BCUT2D eigenvalue weighted by Gasteiger charge is 2.42. The number of aromatic hydroxyl groups is 1. The molecule has 74 valence electrons. The highest BCUT2D eigenvalue weighted by Crippen LogP contribution is 2.41. The highest BCUT2D eigenvalue weighted by molar-refractivity contribution is 5.97. The van der Waals surface area contributed by atoms with Crippen LogP contribution in [0.25, 0.3) is 0 Å². The fourth-order valence-corrected chi connectivity index (χ4v) is 1.70. The molecule has 0 unspecified atom stereocenters. The first-order valence-electron chi connectivity index (χ1n) is 4.19. The molecule has 0 amide bonds. The van der Waals surface area contributed by atoms with Gasteiger partial charge in [0.15, 0.2) is 0 Å². The number of ether oxygens (including phenoxy) is 1. The predicted molar refractivity (Wildman–Crippen MR) is 46.5 cm³/mol. The predicted octanol–water partition coefficient (Wildman–Crippen LogP) is 1.94. The van der Waals surface area contributed by atoms with Crippen LogP contribution in [0, 0.1) is 5.82 Å². The summed E-state index contributed by atoms with van der Waals surface area (Å²) in [6.45, 7) is 3.17. The molecule has 1 heterocycles. The van der Waals surface area contributed by atoms with Gasteiger partial charge in [0.2, 0.25) is 0 Å². The van der Waals surface area contributed by atoms with Crippen molar-refractivity contribution in [2.75, 3.05) is 0 Å². The number of phenolic OH excluding ortho intramolecular Hbond substituents is 1. The maximum atomic E-state index is 13.4. The van der Waals surface area contributed by atoms with Gasteiger partial charge in [0.05, 0.1) is 0 Å². The third-order valence-electron chi connectivity index (χ3n) is 2.29. The molecule has 0 saturated carbocycles. The number of fused-ring (bicyclic) bond motifs is 1. The minimum atomic E-state index is -1.00. The van der Waals surface area contributed by atoms with Gasteiger partial charge in [-0.05, 0) is 26.0 Å². The summed E-state index contributed by atoms with van der Waals surface area (Å²) in [4.78, 5) is 11.3. The minimum Gasteiger partial charge on any atom is -0.507 e. The van der Waals surface area contributed by atoms with Crippen LogP contribution in [0.2, 0.25) is 0 Å². The molecule has 0 saturated heterocycles. The van der Waals surface area contributed by atoms with Crippen molar-refractivity contribution in [1.29, 1.82) is 0 Å². The summed E-state index contributed by atoms with van der Waals surface area (Å²) in [5.41, 5.74) is -0.938. The van der Waals surface area contributed by atoms with Gasteiger partial charge in [0.25, 0.3) is 0 Å². The third kappa shape index (κ3) is 0.999. The van der Waals surface area contributed by atoms with Gasteiger partial charge >= 0.3 is 5.97 Å². The quantitative estimate of drug-likeness (QED) is 0.645. The first-order valence-corrected chi connectivity index (χ1v) is 4.19. The fraction of sp³-hybridized carbons (Fsp3) is 0.300. The number of hydrogen-bond acceptors (Lipinski definition) is 3. The Morgan fingerprint density at radius 2 is 2.07 bits per heavy atom.